The van der Waals surface area contributed by atoms with Crippen molar-refractivity contribution in [3.8, 4) is 5.75 Å². The van der Waals surface area contributed by atoms with Gasteiger partial charge in [0.15, 0.2) is 0 Å². The summed E-state index contributed by atoms with van der Waals surface area (Å²) in [5, 5.41) is 8.82. The Morgan fingerprint density at radius 2 is 2.33 bits per heavy atom. The fourth-order valence-corrected chi connectivity index (χ4v) is 1.56. The normalized spacial score (nSPS) is 12.2. The minimum Gasteiger partial charge on any atom is -0.494 e. The number of carboxylic acid groups (broad SMARTS) is 1. The molecule has 0 spiro atoms. The first-order valence-corrected chi connectivity index (χ1v) is 5.26. The van der Waals surface area contributed by atoms with Gasteiger partial charge in [-0.05, 0) is 25.1 Å². The molecule has 0 saturated heterocycles. The summed E-state index contributed by atoms with van der Waals surface area (Å²) in [6.07, 6.45) is 0. The Morgan fingerprint density at radius 1 is 1.67 bits per heavy atom. The number of carboxylic acids is 1. The minimum atomic E-state index is -1.07. The number of carbonyl (C=O) groups is 1. The van der Waals surface area contributed by atoms with E-state index >= 15 is 0 Å². The number of rotatable bonds is 4. The number of nitrogens with two attached hydrogens (primary N) is 1. The molecular weight excluding hydrogens is 262 g/mol. The van der Waals surface area contributed by atoms with Crippen LogP contribution in [0.15, 0.2) is 22.7 Å². The van der Waals surface area contributed by atoms with E-state index in [1.54, 1.807) is 18.2 Å². The van der Waals surface area contributed by atoms with Crippen molar-refractivity contribution < 1.29 is 14.6 Å². The van der Waals surface area contributed by atoms with Crippen molar-refractivity contribution in [3.05, 3.63) is 28.2 Å². The zero-order chi connectivity index (χ0) is 11.4. The highest BCUT2D eigenvalue weighted by molar-refractivity contribution is 9.10. The standard InChI is InChI=1S/C10H12BrNO3/c1-2-15-8-4-3-6(11)5-7(8)9(12)10(13)14/h3-5,9H,2,12H2,1H3,(H,13,14)/t9-/m1/s1. The molecule has 82 valence electrons. The van der Waals surface area contributed by atoms with E-state index in [0.717, 1.165) is 4.47 Å². The van der Waals surface area contributed by atoms with Crippen LogP contribution in [0, 0.1) is 0 Å². The van der Waals surface area contributed by atoms with E-state index in [1.165, 1.54) is 0 Å². The van der Waals surface area contributed by atoms with E-state index in [-0.39, 0.29) is 0 Å². The van der Waals surface area contributed by atoms with E-state index in [0.29, 0.717) is 17.9 Å². The lowest BCUT2D eigenvalue weighted by molar-refractivity contribution is -0.138. The number of hydrogen-bond acceptors (Lipinski definition) is 3. The molecule has 0 saturated carbocycles. The molecule has 0 unspecified atom stereocenters. The van der Waals surface area contributed by atoms with Gasteiger partial charge in [-0.1, -0.05) is 15.9 Å². The third-order valence-electron chi connectivity index (χ3n) is 1.87. The summed E-state index contributed by atoms with van der Waals surface area (Å²) in [6, 6.07) is 4.07. The first-order valence-electron chi connectivity index (χ1n) is 4.47. The Kier molecular flexibility index (Phi) is 4.11. The molecule has 0 radical (unpaired) electrons. The lowest BCUT2D eigenvalue weighted by Gasteiger charge is -2.13. The summed E-state index contributed by atoms with van der Waals surface area (Å²) in [5.41, 5.74) is 6.01. The van der Waals surface area contributed by atoms with Crippen LogP contribution in [0.5, 0.6) is 5.75 Å². The van der Waals surface area contributed by atoms with Crippen molar-refractivity contribution in [3.63, 3.8) is 0 Å². The van der Waals surface area contributed by atoms with Crippen molar-refractivity contribution in [1.82, 2.24) is 0 Å². The van der Waals surface area contributed by atoms with Gasteiger partial charge >= 0.3 is 5.97 Å². The van der Waals surface area contributed by atoms with Gasteiger partial charge in [-0.15, -0.1) is 0 Å². The average Bonchev–Trinajstić information content (AvgIpc) is 2.20. The van der Waals surface area contributed by atoms with Gasteiger partial charge in [-0.2, -0.15) is 0 Å². The Hall–Kier alpha value is -1.07. The summed E-state index contributed by atoms with van der Waals surface area (Å²) in [7, 11) is 0. The first-order chi connectivity index (χ1) is 7.06. The summed E-state index contributed by atoms with van der Waals surface area (Å²) in [6.45, 7) is 2.30. The molecule has 0 aromatic heterocycles. The molecule has 0 bridgehead atoms. The molecule has 0 amide bonds. The molecule has 0 aliphatic heterocycles. The molecule has 0 aliphatic carbocycles. The van der Waals surface area contributed by atoms with Crippen molar-refractivity contribution in [2.45, 2.75) is 13.0 Å². The predicted molar refractivity (Wildman–Crippen MR) is 59.9 cm³/mol. The molecule has 3 N–H and O–H groups in total. The van der Waals surface area contributed by atoms with Gasteiger partial charge in [0, 0.05) is 10.0 Å². The van der Waals surface area contributed by atoms with Crippen LogP contribution in [0.25, 0.3) is 0 Å². The molecule has 5 heteroatoms. The second-order valence-electron chi connectivity index (χ2n) is 2.93. The zero-order valence-corrected chi connectivity index (χ0v) is 9.82. The summed E-state index contributed by atoms with van der Waals surface area (Å²) >= 11 is 3.26. The van der Waals surface area contributed by atoms with Crippen LogP contribution in [0.4, 0.5) is 0 Å². The second-order valence-corrected chi connectivity index (χ2v) is 3.85. The quantitative estimate of drug-likeness (QED) is 0.880. The fraction of sp³-hybridized carbons (Fsp3) is 0.300. The number of halogens is 1. The molecular formula is C10H12BrNO3. The number of benzene rings is 1. The van der Waals surface area contributed by atoms with Crippen molar-refractivity contribution in [2.24, 2.45) is 5.73 Å². The largest absolute Gasteiger partial charge is 0.494 e. The molecule has 0 heterocycles. The summed E-state index contributed by atoms with van der Waals surface area (Å²) < 4.78 is 6.07. The van der Waals surface area contributed by atoms with Crippen molar-refractivity contribution in [2.75, 3.05) is 6.61 Å². The number of ether oxygens (including phenoxy) is 1. The van der Waals surface area contributed by atoms with Crippen LogP contribution in [-0.4, -0.2) is 17.7 Å². The molecule has 0 fully saturated rings. The monoisotopic (exact) mass is 273 g/mol. The molecule has 1 atom stereocenters. The van der Waals surface area contributed by atoms with Gasteiger partial charge in [-0.3, -0.25) is 4.79 Å². The topological polar surface area (TPSA) is 72.5 Å². The Balaban J connectivity index is 3.11. The molecule has 1 aromatic carbocycles. The van der Waals surface area contributed by atoms with Crippen molar-refractivity contribution in [1.29, 1.82) is 0 Å². The van der Waals surface area contributed by atoms with Crippen LogP contribution in [0.1, 0.15) is 18.5 Å². The SMILES string of the molecule is CCOc1ccc(Br)cc1[C@@H](N)C(=O)O. The molecule has 0 aliphatic rings. The maximum atomic E-state index is 10.8. The van der Waals surface area contributed by atoms with Crippen LogP contribution >= 0.6 is 15.9 Å². The molecule has 1 aromatic rings. The Morgan fingerprint density at radius 3 is 2.87 bits per heavy atom. The zero-order valence-electron chi connectivity index (χ0n) is 8.24. The second kappa shape index (κ2) is 5.14. The van der Waals surface area contributed by atoms with Crippen molar-refractivity contribution >= 4 is 21.9 Å². The predicted octanol–water partition coefficient (Wildman–Crippen LogP) is 1.93. The maximum Gasteiger partial charge on any atom is 0.325 e. The molecule has 1 rings (SSSR count). The lowest BCUT2D eigenvalue weighted by Crippen LogP contribution is -2.21. The van der Waals surface area contributed by atoms with Gasteiger partial charge in [0.1, 0.15) is 11.8 Å². The smallest absolute Gasteiger partial charge is 0.325 e. The van der Waals surface area contributed by atoms with Gasteiger partial charge in [0.2, 0.25) is 0 Å². The Labute approximate surface area is 96.2 Å². The van der Waals surface area contributed by atoms with Gasteiger partial charge < -0.3 is 15.6 Å². The van der Waals surface area contributed by atoms with E-state index in [2.05, 4.69) is 15.9 Å². The molecule has 4 nitrogen and oxygen atoms in total. The average molecular weight is 274 g/mol. The third-order valence-corrected chi connectivity index (χ3v) is 2.37. The van der Waals surface area contributed by atoms with E-state index in [9.17, 15) is 4.79 Å². The number of aliphatic carboxylic acids is 1. The van der Waals surface area contributed by atoms with Crippen LogP contribution in [0.2, 0.25) is 0 Å². The van der Waals surface area contributed by atoms with Gasteiger partial charge in [0.05, 0.1) is 6.61 Å². The van der Waals surface area contributed by atoms with Gasteiger partial charge in [0.25, 0.3) is 0 Å². The summed E-state index contributed by atoms with van der Waals surface area (Å²) in [5.74, 6) is -0.565. The number of hydrogen-bond donors (Lipinski definition) is 2. The highest BCUT2D eigenvalue weighted by Crippen LogP contribution is 2.27. The highest BCUT2D eigenvalue weighted by atomic mass is 79.9. The Bertz CT molecular complexity index is 368. The molecule has 15 heavy (non-hydrogen) atoms. The van der Waals surface area contributed by atoms with Gasteiger partial charge in [-0.25, -0.2) is 0 Å². The van der Waals surface area contributed by atoms with Crippen LogP contribution in [-0.2, 0) is 4.79 Å². The highest BCUT2D eigenvalue weighted by Gasteiger charge is 2.19. The fourth-order valence-electron chi connectivity index (χ4n) is 1.18. The maximum absolute atomic E-state index is 10.8. The first kappa shape index (κ1) is 12.0. The van der Waals surface area contributed by atoms with E-state index in [4.69, 9.17) is 15.6 Å². The lowest BCUT2D eigenvalue weighted by atomic mass is 10.1. The van der Waals surface area contributed by atoms with Crippen LogP contribution in [0.3, 0.4) is 0 Å². The third kappa shape index (κ3) is 2.94. The van der Waals surface area contributed by atoms with E-state index in [1.807, 2.05) is 6.92 Å². The van der Waals surface area contributed by atoms with E-state index < -0.39 is 12.0 Å². The minimum absolute atomic E-state index is 0.471. The summed E-state index contributed by atoms with van der Waals surface area (Å²) in [4.78, 5) is 10.8. The van der Waals surface area contributed by atoms with Crippen LogP contribution < -0.4 is 10.5 Å².